The van der Waals surface area contributed by atoms with E-state index in [1.807, 2.05) is 6.92 Å². The van der Waals surface area contributed by atoms with Crippen LogP contribution in [0.1, 0.15) is 30.4 Å². The van der Waals surface area contributed by atoms with Crippen LogP contribution in [0.5, 0.6) is 5.88 Å². The van der Waals surface area contributed by atoms with Gasteiger partial charge in [0.15, 0.2) is 5.82 Å². The SMILES string of the molecule is CCOc1ncnc2c1CN(CCC(=O)Nc1cc(C)on1)CC2. The number of aromatic nitrogens is 3. The van der Waals surface area contributed by atoms with E-state index in [2.05, 4.69) is 25.3 Å². The highest BCUT2D eigenvalue weighted by Crippen LogP contribution is 2.24. The Morgan fingerprint density at radius 3 is 3.08 bits per heavy atom. The summed E-state index contributed by atoms with van der Waals surface area (Å²) in [5.41, 5.74) is 2.06. The van der Waals surface area contributed by atoms with Gasteiger partial charge < -0.3 is 14.6 Å². The summed E-state index contributed by atoms with van der Waals surface area (Å²) in [4.78, 5) is 22.8. The van der Waals surface area contributed by atoms with Gasteiger partial charge in [-0.1, -0.05) is 5.16 Å². The molecule has 0 aliphatic carbocycles. The molecule has 0 atom stereocenters. The quantitative estimate of drug-likeness (QED) is 0.858. The van der Waals surface area contributed by atoms with E-state index in [4.69, 9.17) is 9.26 Å². The lowest BCUT2D eigenvalue weighted by molar-refractivity contribution is -0.116. The summed E-state index contributed by atoms with van der Waals surface area (Å²) in [5.74, 6) is 1.69. The molecule has 0 aromatic carbocycles. The summed E-state index contributed by atoms with van der Waals surface area (Å²) >= 11 is 0. The Bertz CT molecular complexity index is 715. The van der Waals surface area contributed by atoms with Crippen molar-refractivity contribution >= 4 is 11.7 Å². The summed E-state index contributed by atoms with van der Waals surface area (Å²) in [7, 11) is 0. The number of ether oxygens (including phenoxy) is 1. The minimum Gasteiger partial charge on any atom is -0.478 e. The van der Waals surface area contributed by atoms with Gasteiger partial charge in [-0.3, -0.25) is 9.69 Å². The third-order valence-corrected chi connectivity index (χ3v) is 3.87. The second-order valence-electron chi connectivity index (χ2n) is 5.68. The molecule has 3 rings (SSSR count). The fraction of sp³-hybridized carbons (Fsp3) is 0.500. The Kier molecular flexibility index (Phi) is 5.05. The molecule has 8 heteroatoms. The molecule has 1 amide bonds. The first kappa shape index (κ1) is 16.4. The molecule has 0 saturated heterocycles. The van der Waals surface area contributed by atoms with Crippen LogP contribution in [0, 0.1) is 6.92 Å². The van der Waals surface area contributed by atoms with Gasteiger partial charge >= 0.3 is 0 Å². The zero-order valence-electron chi connectivity index (χ0n) is 13.9. The van der Waals surface area contributed by atoms with Crippen LogP contribution in [0.25, 0.3) is 0 Å². The summed E-state index contributed by atoms with van der Waals surface area (Å²) in [6.07, 6.45) is 2.77. The van der Waals surface area contributed by atoms with Gasteiger partial charge in [-0.15, -0.1) is 0 Å². The predicted molar refractivity (Wildman–Crippen MR) is 86.7 cm³/mol. The highest BCUT2D eigenvalue weighted by molar-refractivity contribution is 5.89. The first-order valence-electron chi connectivity index (χ1n) is 8.06. The number of amides is 1. The van der Waals surface area contributed by atoms with E-state index in [1.54, 1.807) is 19.3 Å². The number of anilines is 1. The van der Waals surface area contributed by atoms with Gasteiger partial charge in [-0.25, -0.2) is 9.97 Å². The summed E-state index contributed by atoms with van der Waals surface area (Å²) < 4.78 is 10.5. The van der Waals surface area contributed by atoms with Crippen LogP contribution in [0.15, 0.2) is 16.9 Å². The number of hydrogen-bond acceptors (Lipinski definition) is 7. The first-order chi connectivity index (χ1) is 11.7. The van der Waals surface area contributed by atoms with Crippen molar-refractivity contribution in [1.29, 1.82) is 0 Å². The maximum absolute atomic E-state index is 12.0. The van der Waals surface area contributed by atoms with Crippen LogP contribution in [-0.4, -0.2) is 45.6 Å². The average molecular weight is 331 g/mol. The van der Waals surface area contributed by atoms with Crippen LogP contribution >= 0.6 is 0 Å². The molecule has 2 aromatic heterocycles. The van der Waals surface area contributed by atoms with Gasteiger partial charge in [0.2, 0.25) is 11.8 Å². The molecule has 0 saturated carbocycles. The molecule has 8 nitrogen and oxygen atoms in total. The molecule has 0 spiro atoms. The molecule has 1 N–H and O–H groups in total. The van der Waals surface area contributed by atoms with E-state index in [1.165, 1.54) is 0 Å². The van der Waals surface area contributed by atoms with E-state index in [-0.39, 0.29) is 5.91 Å². The number of fused-ring (bicyclic) bond motifs is 1. The van der Waals surface area contributed by atoms with Gasteiger partial charge in [-0.05, 0) is 13.8 Å². The number of rotatable bonds is 6. The molecule has 128 valence electrons. The van der Waals surface area contributed by atoms with E-state index in [0.29, 0.717) is 43.6 Å². The Balaban J connectivity index is 1.55. The lowest BCUT2D eigenvalue weighted by Gasteiger charge is -2.28. The number of aryl methyl sites for hydroxylation is 1. The molecule has 0 bridgehead atoms. The molecule has 0 unspecified atom stereocenters. The van der Waals surface area contributed by atoms with Crippen molar-refractivity contribution in [3.8, 4) is 5.88 Å². The number of carbonyl (C=O) groups excluding carboxylic acids is 1. The Labute approximate surface area is 140 Å². The Hall–Kier alpha value is -2.48. The zero-order chi connectivity index (χ0) is 16.9. The van der Waals surface area contributed by atoms with Gasteiger partial charge in [0.05, 0.1) is 12.3 Å². The average Bonchev–Trinajstić information content (AvgIpc) is 2.98. The van der Waals surface area contributed by atoms with Gasteiger partial charge in [0.1, 0.15) is 12.1 Å². The van der Waals surface area contributed by atoms with Gasteiger partial charge in [0, 0.05) is 44.1 Å². The Morgan fingerprint density at radius 2 is 2.33 bits per heavy atom. The molecule has 1 aliphatic rings. The van der Waals surface area contributed by atoms with E-state index in [0.717, 1.165) is 24.2 Å². The lowest BCUT2D eigenvalue weighted by atomic mass is 10.1. The topological polar surface area (TPSA) is 93.4 Å². The monoisotopic (exact) mass is 331 g/mol. The molecule has 3 heterocycles. The summed E-state index contributed by atoms with van der Waals surface area (Å²) in [6, 6.07) is 1.70. The van der Waals surface area contributed by atoms with Gasteiger partial charge in [0.25, 0.3) is 0 Å². The first-order valence-corrected chi connectivity index (χ1v) is 8.06. The number of nitrogens with zero attached hydrogens (tertiary/aromatic N) is 4. The number of nitrogens with one attached hydrogen (secondary N) is 1. The van der Waals surface area contributed by atoms with Crippen molar-refractivity contribution in [2.24, 2.45) is 0 Å². The highest BCUT2D eigenvalue weighted by atomic mass is 16.5. The van der Waals surface area contributed by atoms with E-state index in [9.17, 15) is 4.79 Å². The predicted octanol–water partition coefficient (Wildman–Crippen LogP) is 1.56. The number of carbonyl (C=O) groups is 1. The minimum atomic E-state index is -0.0801. The van der Waals surface area contributed by atoms with Crippen LogP contribution in [0.2, 0.25) is 0 Å². The maximum Gasteiger partial charge on any atom is 0.226 e. The second kappa shape index (κ2) is 7.39. The highest BCUT2D eigenvalue weighted by Gasteiger charge is 2.22. The van der Waals surface area contributed by atoms with Crippen molar-refractivity contribution in [3.63, 3.8) is 0 Å². The lowest BCUT2D eigenvalue weighted by Crippen LogP contribution is -2.34. The third kappa shape index (κ3) is 3.88. The molecular formula is C16H21N5O3. The van der Waals surface area contributed by atoms with Crippen LogP contribution in [0.3, 0.4) is 0 Å². The van der Waals surface area contributed by atoms with Crippen molar-refractivity contribution in [2.75, 3.05) is 25.0 Å². The molecular weight excluding hydrogens is 310 g/mol. The van der Waals surface area contributed by atoms with Gasteiger partial charge in [-0.2, -0.15) is 0 Å². The minimum absolute atomic E-state index is 0.0801. The maximum atomic E-state index is 12.0. The molecule has 0 radical (unpaired) electrons. The number of hydrogen-bond donors (Lipinski definition) is 1. The van der Waals surface area contributed by atoms with Crippen LogP contribution in [-0.2, 0) is 17.8 Å². The summed E-state index contributed by atoms with van der Waals surface area (Å²) in [5, 5.41) is 6.49. The van der Waals surface area contributed by atoms with Crippen molar-refractivity contribution < 1.29 is 14.1 Å². The third-order valence-electron chi connectivity index (χ3n) is 3.87. The largest absolute Gasteiger partial charge is 0.478 e. The van der Waals surface area contributed by atoms with E-state index < -0.39 is 0 Å². The second-order valence-corrected chi connectivity index (χ2v) is 5.68. The van der Waals surface area contributed by atoms with Crippen molar-refractivity contribution in [1.82, 2.24) is 20.0 Å². The molecule has 1 aliphatic heterocycles. The standard InChI is InChI=1S/C16H21N5O3/c1-3-23-16-12-9-21(6-4-13(12)17-10-18-16)7-5-15(22)19-14-8-11(2)24-20-14/h8,10H,3-7,9H2,1-2H3,(H,19,20,22). The van der Waals surface area contributed by atoms with Crippen molar-refractivity contribution in [2.45, 2.75) is 33.2 Å². The normalized spacial score (nSPS) is 14.2. The molecule has 24 heavy (non-hydrogen) atoms. The van der Waals surface area contributed by atoms with Crippen LogP contribution in [0.4, 0.5) is 5.82 Å². The molecule has 0 fully saturated rings. The van der Waals surface area contributed by atoms with Crippen LogP contribution < -0.4 is 10.1 Å². The van der Waals surface area contributed by atoms with E-state index >= 15 is 0 Å². The van der Waals surface area contributed by atoms with Crippen molar-refractivity contribution in [3.05, 3.63) is 29.4 Å². The molecule has 2 aromatic rings. The fourth-order valence-electron chi connectivity index (χ4n) is 2.71. The Morgan fingerprint density at radius 1 is 1.46 bits per heavy atom. The fourth-order valence-corrected chi connectivity index (χ4v) is 2.71. The smallest absolute Gasteiger partial charge is 0.226 e. The zero-order valence-corrected chi connectivity index (χ0v) is 13.9. The summed E-state index contributed by atoms with van der Waals surface area (Å²) in [6.45, 7) is 6.51.